The molecule has 138 valence electrons. The summed E-state index contributed by atoms with van der Waals surface area (Å²) in [6.07, 6.45) is 5.75. The van der Waals surface area contributed by atoms with Crippen LogP contribution in [0.3, 0.4) is 0 Å². The molecule has 0 radical (unpaired) electrons. The maximum absolute atomic E-state index is 10.9. The Morgan fingerprint density at radius 1 is 1.32 bits per heavy atom. The maximum Gasteiger partial charge on any atom is 0.243 e. The van der Waals surface area contributed by atoms with Gasteiger partial charge in [0.05, 0.1) is 25.2 Å². The molecule has 1 saturated heterocycles. The molecule has 2 N–H and O–H groups in total. The van der Waals surface area contributed by atoms with E-state index >= 15 is 0 Å². The van der Waals surface area contributed by atoms with Gasteiger partial charge < -0.3 is 9.57 Å². The van der Waals surface area contributed by atoms with Gasteiger partial charge in [0.25, 0.3) is 0 Å². The van der Waals surface area contributed by atoms with Crippen LogP contribution in [0.4, 0.5) is 0 Å². The Labute approximate surface area is 152 Å². The van der Waals surface area contributed by atoms with Crippen LogP contribution < -0.4 is 10.2 Å². The van der Waals surface area contributed by atoms with E-state index in [2.05, 4.69) is 0 Å². The Kier molecular flexibility index (Phi) is 8.61. The predicted molar refractivity (Wildman–Crippen MR) is 95.1 cm³/mol. The number of carbonyl (C=O) groups excluding carboxylic acids is 1. The van der Waals surface area contributed by atoms with E-state index in [1.54, 1.807) is 5.48 Å². The van der Waals surface area contributed by atoms with Gasteiger partial charge in [-0.2, -0.15) is 4.28 Å². The van der Waals surface area contributed by atoms with Gasteiger partial charge in [-0.25, -0.2) is 5.48 Å². The Morgan fingerprint density at radius 2 is 2.12 bits per heavy atom. The molecular formula is C17H24N2O5S. The van der Waals surface area contributed by atoms with Crippen molar-refractivity contribution in [2.24, 2.45) is 0 Å². The Hall–Kier alpha value is -1.74. The van der Waals surface area contributed by atoms with Crippen molar-refractivity contribution in [1.82, 2.24) is 10.7 Å². The van der Waals surface area contributed by atoms with Crippen LogP contribution in [0.2, 0.25) is 0 Å². The van der Waals surface area contributed by atoms with E-state index < -0.39 is 0 Å². The lowest BCUT2D eigenvalue weighted by Crippen LogP contribution is -2.18. The average molecular weight is 368 g/mol. The van der Waals surface area contributed by atoms with Crippen molar-refractivity contribution in [3.05, 3.63) is 34.9 Å². The summed E-state index contributed by atoms with van der Waals surface area (Å²) in [5.41, 5.74) is 2.58. The molecule has 1 fully saturated rings. The van der Waals surface area contributed by atoms with E-state index in [0.29, 0.717) is 24.7 Å². The molecule has 2 rings (SSSR count). The highest BCUT2D eigenvalue weighted by Crippen LogP contribution is 2.33. The molecule has 0 atom stereocenters. The number of carbonyl (C=O) groups is 1. The number of ether oxygens (including phenoxy) is 1. The lowest BCUT2D eigenvalue weighted by Gasteiger charge is -2.10. The average Bonchev–Trinajstić information content (AvgIpc) is 3.07. The first-order valence-corrected chi connectivity index (χ1v) is 9.13. The number of para-hydroxylation sites is 1. The third-order valence-electron chi connectivity index (χ3n) is 3.51. The number of nitrogens with zero attached hydrogens (tertiary/aromatic N) is 1. The number of nitrogens with one attached hydrogen (secondary N) is 1. The maximum atomic E-state index is 10.9. The van der Waals surface area contributed by atoms with Crippen molar-refractivity contribution >= 4 is 24.0 Å². The van der Waals surface area contributed by atoms with Gasteiger partial charge in [0.1, 0.15) is 5.75 Å². The zero-order valence-corrected chi connectivity index (χ0v) is 15.1. The number of hydroxylamine groups is 3. The summed E-state index contributed by atoms with van der Waals surface area (Å²) < 4.78 is 11.0. The van der Waals surface area contributed by atoms with Gasteiger partial charge in [-0.1, -0.05) is 31.0 Å². The molecule has 0 aliphatic carbocycles. The van der Waals surface area contributed by atoms with Gasteiger partial charge in [0.15, 0.2) is 0 Å². The molecule has 1 aromatic rings. The summed E-state index contributed by atoms with van der Waals surface area (Å²) in [6, 6.07) is 7.77. The third-order valence-corrected chi connectivity index (χ3v) is 4.10. The van der Waals surface area contributed by atoms with Gasteiger partial charge in [-0.15, -0.1) is 0 Å². The number of hydrogen-bond donors (Lipinski definition) is 2. The summed E-state index contributed by atoms with van der Waals surface area (Å²) >= 11 is 1.18. The molecule has 0 unspecified atom stereocenters. The van der Waals surface area contributed by atoms with Gasteiger partial charge in [-0.05, 0) is 31.1 Å². The highest BCUT2D eigenvalue weighted by Gasteiger charge is 2.21. The third kappa shape index (κ3) is 6.95. The molecule has 0 bridgehead atoms. The quantitative estimate of drug-likeness (QED) is 0.282. The molecule has 8 heteroatoms. The SMILES string of the molecule is CCOc1ccccc1/C=C1/ON(CCCCCCC(=O)NO)OS1. The molecule has 1 amide bonds. The van der Waals surface area contributed by atoms with Crippen molar-refractivity contribution in [2.75, 3.05) is 13.2 Å². The molecule has 0 aromatic heterocycles. The van der Waals surface area contributed by atoms with Crippen LogP contribution in [0.5, 0.6) is 5.75 Å². The van der Waals surface area contributed by atoms with Crippen molar-refractivity contribution in [1.29, 1.82) is 0 Å². The number of rotatable bonds is 10. The van der Waals surface area contributed by atoms with Crippen molar-refractivity contribution in [3.63, 3.8) is 0 Å². The van der Waals surface area contributed by atoms with Crippen LogP contribution in [0.25, 0.3) is 6.08 Å². The van der Waals surface area contributed by atoms with Crippen LogP contribution in [0.1, 0.15) is 44.6 Å². The highest BCUT2D eigenvalue weighted by molar-refractivity contribution is 7.98. The van der Waals surface area contributed by atoms with Crippen molar-refractivity contribution < 1.29 is 23.9 Å². The molecule has 0 saturated carbocycles. The molecule has 0 spiro atoms. The van der Waals surface area contributed by atoms with E-state index in [0.717, 1.165) is 37.0 Å². The summed E-state index contributed by atoms with van der Waals surface area (Å²) in [5.74, 6) is 0.469. The molecule has 1 aliphatic heterocycles. The highest BCUT2D eigenvalue weighted by atomic mass is 32.2. The summed E-state index contributed by atoms with van der Waals surface area (Å²) in [5, 5.41) is 10.5. The first-order valence-electron chi connectivity index (χ1n) is 8.39. The minimum absolute atomic E-state index is 0.342. The first kappa shape index (κ1) is 19.6. The smallest absolute Gasteiger partial charge is 0.243 e. The monoisotopic (exact) mass is 368 g/mol. The van der Waals surface area contributed by atoms with Gasteiger partial charge >= 0.3 is 0 Å². The fourth-order valence-electron chi connectivity index (χ4n) is 2.29. The Morgan fingerprint density at radius 3 is 2.92 bits per heavy atom. The standard InChI is InChI=1S/C17H24N2O5S/c1-2-22-15-10-7-6-9-14(15)13-17-23-19(24-25-17)12-8-4-3-5-11-16(20)18-21/h6-7,9-10,13,21H,2-5,8,11-12H2,1H3,(H,18,20)/b17-13-. The van der Waals surface area contributed by atoms with E-state index in [4.69, 9.17) is 19.1 Å². The lowest BCUT2D eigenvalue weighted by molar-refractivity contribution is -0.259. The number of amides is 1. The van der Waals surface area contributed by atoms with Gasteiger partial charge in [0, 0.05) is 18.1 Å². The largest absolute Gasteiger partial charge is 0.493 e. The predicted octanol–water partition coefficient (Wildman–Crippen LogP) is 3.67. The van der Waals surface area contributed by atoms with E-state index in [1.807, 2.05) is 37.3 Å². The van der Waals surface area contributed by atoms with E-state index in [9.17, 15) is 4.79 Å². The summed E-state index contributed by atoms with van der Waals surface area (Å²) in [7, 11) is 0. The zero-order valence-electron chi connectivity index (χ0n) is 14.3. The summed E-state index contributed by atoms with van der Waals surface area (Å²) in [4.78, 5) is 16.5. The van der Waals surface area contributed by atoms with Crippen LogP contribution in [-0.2, 0) is 13.9 Å². The van der Waals surface area contributed by atoms with E-state index in [-0.39, 0.29) is 5.91 Å². The second-order valence-electron chi connectivity index (χ2n) is 5.44. The fourth-order valence-corrected chi connectivity index (χ4v) is 2.84. The van der Waals surface area contributed by atoms with Crippen LogP contribution in [-0.4, -0.2) is 29.5 Å². The Balaban J connectivity index is 1.70. The Bertz CT molecular complexity index is 582. The van der Waals surface area contributed by atoms with Crippen LogP contribution in [0, 0.1) is 0 Å². The minimum Gasteiger partial charge on any atom is -0.493 e. The van der Waals surface area contributed by atoms with Gasteiger partial charge in [-0.3, -0.25) is 10.0 Å². The number of hydrogen-bond acceptors (Lipinski definition) is 7. The van der Waals surface area contributed by atoms with Crippen LogP contribution >= 0.6 is 12.0 Å². The molecule has 1 aliphatic rings. The normalized spacial score (nSPS) is 16.0. The lowest BCUT2D eigenvalue weighted by atomic mass is 10.1. The molecule has 1 aromatic carbocycles. The summed E-state index contributed by atoms with van der Waals surface area (Å²) in [6.45, 7) is 3.20. The second kappa shape index (κ2) is 11.0. The van der Waals surface area contributed by atoms with E-state index in [1.165, 1.54) is 17.3 Å². The number of unbranched alkanes of at least 4 members (excludes halogenated alkanes) is 3. The number of benzene rings is 1. The molecule has 1 heterocycles. The molecule has 7 nitrogen and oxygen atoms in total. The van der Waals surface area contributed by atoms with Gasteiger partial charge in [0.2, 0.25) is 11.0 Å². The molecular weight excluding hydrogens is 344 g/mol. The zero-order chi connectivity index (χ0) is 17.9. The van der Waals surface area contributed by atoms with Crippen LogP contribution in [0.15, 0.2) is 29.4 Å². The molecule has 25 heavy (non-hydrogen) atoms. The fraction of sp³-hybridized carbons (Fsp3) is 0.471. The second-order valence-corrected chi connectivity index (χ2v) is 6.16. The van der Waals surface area contributed by atoms with Crippen molar-refractivity contribution in [2.45, 2.75) is 39.0 Å². The van der Waals surface area contributed by atoms with Crippen molar-refractivity contribution in [3.8, 4) is 5.75 Å². The minimum atomic E-state index is -0.343. The topological polar surface area (TPSA) is 80.3 Å². The first-order chi connectivity index (χ1) is 12.2.